The van der Waals surface area contributed by atoms with E-state index in [9.17, 15) is 4.79 Å². The molecule has 1 unspecified atom stereocenters. The molecule has 3 rings (SSSR count). The number of benzene rings is 2. The molecule has 1 fully saturated rings. The Bertz CT molecular complexity index is 706. The van der Waals surface area contributed by atoms with Crippen molar-refractivity contribution in [3.05, 3.63) is 60.2 Å². The Balaban J connectivity index is 1.50. The maximum Gasteiger partial charge on any atom is 0.321 e. The third-order valence-corrected chi connectivity index (χ3v) is 6.00. The molecule has 144 valence electrons. The Morgan fingerprint density at radius 3 is 2.67 bits per heavy atom. The normalized spacial score (nSPS) is 17.2. The number of nitrogens with one attached hydrogen (secondary N) is 1. The van der Waals surface area contributed by atoms with Gasteiger partial charge in [-0.3, -0.25) is 0 Å². The molecule has 1 aliphatic rings. The fourth-order valence-corrected chi connectivity index (χ4v) is 4.31. The molecule has 4 nitrogen and oxygen atoms in total. The summed E-state index contributed by atoms with van der Waals surface area (Å²) < 4.78 is 5.67. The molecule has 1 N–H and O–H groups in total. The summed E-state index contributed by atoms with van der Waals surface area (Å²) in [6, 6.07) is 18.2. The summed E-state index contributed by atoms with van der Waals surface area (Å²) >= 11 is 1.94. The Hall–Kier alpha value is -2.14. The monoisotopic (exact) mass is 384 g/mol. The van der Waals surface area contributed by atoms with Gasteiger partial charge >= 0.3 is 6.03 Å². The van der Waals surface area contributed by atoms with E-state index in [0.29, 0.717) is 5.25 Å². The lowest BCUT2D eigenvalue weighted by atomic mass is 10.1. The molecular weight excluding hydrogens is 356 g/mol. The van der Waals surface area contributed by atoms with Crippen LogP contribution < -0.4 is 10.1 Å². The summed E-state index contributed by atoms with van der Waals surface area (Å²) in [6.07, 6.45) is 3.15. The van der Waals surface area contributed by atoms with Crippen molar-refractivity contribution in [3.8, 4) is 5.75 Å². The van der Waals surface area contributed by atoms with Crippen molar-refractivity contribution in [1.82, 2.24) is 4.90 Å². The predicted molar refractivity (Wildman–Crippen MR) is 114 cm³/mol. The molecule has 0 bridgehead atoms. The van der Waals surface area contributed by atoms with Gasteiger partial charge in [0.25, 0.3) is 0 Å². The molecule has 1 atom stereocenters. The zero-order valence-electron chi connectivity index (χ0n) is 15.9. The first kappa shape index (κ1) is 19.6. The van der Waals surface area contributed by atoms with E-state index in [4.69, 9.17) is 4.74 Å². The molecule has 1 saturated heterocycles. The maximum absolute atomic E-state index is 12.6. The van der Waals surface area contributed by atoms with E-state index in [1.165, 1.54) is 5.56 Å². The van der Waals surface area contributed by atoms with Gasteiger partial charge in [0.1, 0.15) is 5.75 Å². The first-order valence-electron chi connectivity index (χ1n) is 9.71. The largest absolute Gasteiger partial charge is 0.494 e. The van der Waals surface area contributed by atoms with Crippen molar-refractivity contribution in [3.63, 3.8) is 0 Å². The number of urea groups is 1. The number of thioether (sulfide) groups is 1. The first-order valence-corrected chi connectivity index (χ1v) is 10.8. The molecule has 1 heterocycles. The van der Waals surface area contributed by atoms with Gasteiger partial charge in [0.05, 0.1) is 6.61 Å². The highest BCUT2D eigenvalue weighted by atomic mass is 32.2. The van der Waals surface area contributed by atoms with Crippen molar-refractivity contribution >= 4 is 23.5 Å². The third-order valence-electron chi connectivity index (χ3n) is 4.67. The van der Waals surface area contributed by atoms with Gasteiger partial charge in [-0.15, -0.1) is 0 Å². The molecular formula is C22H28N2O2S. The van der Waals surface area contributed by atoms with Crippen LogP contribution in [0.1, 0.15) is 37.0 Å². The minimum atomic E-state index is -0.0241. The van der Waals surface area contributed by atoms with E-state index in [-0.39, 0.29) is 6.03 Å². The summed E-state index contributed by atoms with van der Waals surface area (Å²) in [5.41, 5.74) is 2.16. The smallest absolute Gasteiger partial charge is 0.321 e. The van der Waals surface area contributed by atoms with E-state index in [1.54, 1.807) is 0 Å². The lowest BCUT2D eigenvalue weighted by Crippen LogP contribution is -2.36. The Morgan fingerprint density at radius 2 is 1.93 bits per heavy atom. The van der Waals surface area contributed by atoms with Crippen LogP contribution in [0, 0.1) is 0 Å². The van der Waals surface area contributed by atoms with Gasteiger partial charge in [0.15, 0.2) is 0 Å². The summed E-state index contributed by atoms with van der Waals surface area (Å²) in [5, 5.41) is 3.47. The van der Waals surface area contributed by atoms with Crippen LogP contribution in [-0.4, -0.2) is 36.4 Å². The van der Waals surface area contributed by atoms with Gasteiger partial charge in [-0.2, -0.15) is 11.8 Å². The lowest BCUT2D eigenvalue weighted by Gasteiger charge is -2.21. The maximum atomic E-state index is 12.6. The van der Waals surface area contributed by atoms with Crippen LogP contribution in [0.3, 0.4) is 0 Å². The number of ether oxygens (including phenoxy) is 1. The van der Waals surface area contributed by atoms with Crippen LogP contribution in [0.2, 0.25) is 0 Å². The minimum Gasteiger partial charge on any atom is -0.494 e. The van der Waals surface area contributed by atoms with E-state index >= 15 is 0 Å². The molecule has 0 radical (unpaired) electrons. The Kier molecular flexibility index (Phi) is 7.45. The van der Waals surface area contributed by atoms with Crippen LogP contribution in [0.15, 0.2) is 54.6 Å². The Morgan fingerprint density at radius 1 is 1.15 bits per heavy atom. The topological polar surface area (TPSA) is 41.6 Å². The van der Waals surface area contributed by atoms with E-state index in [0.717, 1.165) is 56.1 Å². The van der Waals surface area contributed by atoms with Gasteiger partial charge in [0, 0.05) is 29.8 Å². The van der Waals surface area contributed by atoms with Crippen LogP contribution in [0.25, 0.3) is 0 Å². The standard InChI is InChI=1S/C22H28N2O2S/c1-2-3-16-26-20-11-9-19(10-12-20)23-22(25)24-14-13-21(27-17-15-24)18-7-5-4-6-8-18/h4-12,21H,2-3,13-17H2,1H3,(H,23,25). The molecule has 0 saturated carbocycles. The van der Waals surface area contributed by atoms with Crippen molar-refractivity contribution < 1.29 is 9.53 Å². The molecule has 0 aromatic heterocycles. The van der Waals surface area contributed by atoms with Crippen LogP contribution in [0.5, 0.6) is 5.75 Å². The number of carbonyl (C=O) groups excluding carboxylic acids is 1. The molecule has 2 aromatic rings. The third kappa shape index (κ3) is 5.93. The quantitative estimate of drug-likeness (QED) is 0.661. The average molecular weight is 385 g/mol. The number of anilines is 1. The predicted octanol–water partition coefficient (Wildman–Crippen LogP) is 5.58. The highest BCUT2D eigenvalue weighted by molar-refractivity contribution is 7.99. The van der Waals surface area contributed by atoms with Gasteiger partial charge in [-0.25, -0.2) is 4.79 Å². The van der Waals surface area contributed by atoms with E-state index in [2.05, 4.69) is 36.5 Å². The van der Waals surface area contributed by atoms with Crippen LogP contribution in [-0.2, 0) is 0 Å². The minimum absolute atomic E-state index is 0.0241. The highest BCUT2D eigenvalue weighted by Crippen LogP contribution is 2.34. The number of amides is 2. The van der Waals surface area contributed by atoms with Gasteiger partial charge < -0.3 is 15.0 Å². The molecule has 1 aliphatic heterocycles. The molecule has 0 aliphatic carbocycles. The summed E-state index contributed by atoms with van der Waals surface area (Å²) in [7, 11) is 0. The van der Waals surface area contributed by atoms with Crippen molar-refractivity contribution in [2.24, 2.45) is 0 Å². The van der Waals surface area contributed by atoms with Crippen molar-refractivity contribution in [1.29, 1.82) is 0 Å². The second-order valence-corrected chi connectivity index (χ2v) is 8.01. The second-order valence-electron chi connectivity index (χ2n) is 6.70. The van der Waals surface area contributed by atoms with Gasteiger partial charge in [-0.05, 0) is 42.7 Å². The summed E-state index contributed by atoms with van der Waals surface area (Å²) in [4.78, 5) is 14.6. The summed E-state index contributed by atoms with van der Waals surface area (Å²) in [5.74, 6) is 1.80. The number of unbranched alkanes of at least 4 members (excludes halogenated alkanes) is 1. The number of hydrogen-bond acceptors (Lipinski definition) is 3. The van der Waals surface area contributed by atoms with E-state index < -0.39 is 0 Å². The summed E-state index contributed by atoms with van der Waals surface area (Å²) in [6.45, 7) is 4.43. The average Bonchev–Trinajstić information content (AvgIpc) is 2.97. The lowest BCUT2D eigenvalue weighted by molar-refractivity contribution is 0.215. The highest BCUT2D eigenvalue weighted by Gasteiger charge is 2.22. The molecule has 0 spiro atoms. The van der Waals surface area contributed by atoms with Crippen molar-refractivity contribution in [2.75, 3.05) is 30.8 Å². The van der Waals surface area contributed by atoms with Crippen LogP contribution >= 0.6 is 11.8 Å². The second kappa shape index (κ2) is 10.3. The Labute approximate surface area is 166 Å². The number of carbonyl (C=O) groups is 1. The number of nitrogens with zero attached hydrogens (tertiary/aromatic N) is 1. The van der Waals surface area contributed by atoms with E-state index in [1.807, 2.05) is 47.0 Å². The molecule has 2 amide bonds. The van der Waals surface area contributed by atoms with Crippen molar-refractivity contribution in [2.45, 2.75) is 31.4 Å². The number of hydrogen-bond donors (Lipinski definition) is 1. The zero-order chi connectivity index (χ0) is 18.9. The molecule has 27 heavy (non-hydrogen) atoms. The molecule has 2 aromatic carbocycles. The fourth-order valence-electron chi connectivity index (χ4n) is 3.08. The van der Waals surface area contributed by atoms with Gasteiger partial charge in [0.2, 0.25) is 0 Å². The molecule has 5 heteroatoms. The first-order chi connectivity index (χ1) is 13.3. The zero-order valence-corrected chi connectivity index (χ0v) is 16.7. The fraction of sp³-hybridized carbons (Fsp3) is 0.409. The van der Waals surface area contributed by atoms with Crippen LogP contribution in [0.4, 0.5) is 10.5 Å². The SMILES string of the molecule is CCCCOc1ccc(NC(=O)N2CCSC(c3ccccc3)CC2)cc1. The van der Waals surface area contributed by atoms with Gasteiger partial charge in [-0.1, -0.05) is 43.7 Å². The number of rotatable bonds is 6.